The molecule has 42 valence electrons. The monoisotopic (exact) mass is 111 g/mol. The maximum atomic E-state index is 8.79. The normalized spacial score (nSPS) is 10.9. The topological polar surface area (TPSA) is 46.0 Å². The predicted molar refractivity (Wildman–Crippen MR) is 28.4 cm³/mol. The molecular formula is C5H6N2O. The highest BCUT2D eigenvalue weighted by molar-refractivity contribution is 5.18. The second-order valence-electron chi connectivity index (χ2n) is 1.48. The van der Waals surface area contributed by atoms with Gasteiger partial charge in [-0.15, -0.1) is 5.10 Å². The smallest absolute Gasteiger partial charge is 0.233 e. The lowest BCUT2D eigenvalue weighted by Crippen LogP contribution is -1.81. The zero-order chi connectivity index (χ0) is 6.85. The van der Waals surface area contributed by atoms with Crippen LogP contribution in [-0.2, 0) is 0 Å². The number of nitrogens with zero attached hydrogens (tertiary/aromatic N) is 2. The fourth-order valence-corrected chi connectivity index (χ4v) is 0.345. The minimum atomic E-state index is -0.106. The van der Waals surface area contributed by atoms with Crippen LogP contribution < -0.4 is 0 Å². The Morgan fingerprint density at radius 1 is 1.88 bits per heavy atom. The van der Waals surface area contributed by atoms with Crippen molar-refractivity contribution in [1.29, 1.82) is 0 Å². The zero-order valence-corrected chi connectivity index (χ0v) is 4.42. The van der Waals surface area contributed by atoms with Crippen molar-refractivity contribution in [1.82, 2.24) is 10.2 Å². The molecule has 1 N–H and O–H groups in total. The second-order valence-corrected chi connectivity index (χ2v) is 1.48. The van der Waals surface area contributed by atoms with E-state index in [1.807, 2.05) is 0 Å². The number of hydrogen-bond donors (Lipinski definition) is 1. The third-order valence-electron chi connectivity index (χ3n) is 0.836. The summed E-state index contributed by atoms with van der Waals surface area (Å²) in [7, 11) is 0. The lowest BCUT2D eigenvalue weighted by Gasteiger charge is -1.89. The van der Waals surface area contributed by atoms with Gasteiger partial charge in [0.05, 0.1) is 7.54 Å². The van der Waals surface area contributed by atoms with Gasteiger partial charge in [0.2, 0.25) is 5.88 Å². The highest BCUT2D eigenvalue weighted by Gasteiger charge is 1.90. The van der Waals surface area contributed by atoms with E-state index in [0.717, 1.165) is 0 Å². The van der Waals surface area contributed by atoms with Gasteiger partial charge in [-0.25, -0.2) is 0 Å². The average Bonchev–Trinajstić information content (AvgIpc) is 1.80. The number of aromatic hydroxyl groups is 1. The van der Waals surface area contributed by atoms with Crippen LogP contribution in [0.2, 0.25) is 0 Å². The molecule has 3 heteroatoms. The summed E-state index contributed by atoms with van der Waals surface area (Å²) < 4.78 is 6.95. The SMILES string of the molecule is [2H]c1cc(C)c(O)nn1. The van der Waals surface area contributed by atoms with E-state index in [0.29, 0.717) is 5.56 Å². The molecule has 8 heavy (non-hydrogen) atoms. The van der Waals surface area contributed by atoms with Crippen LogP contribution in [0.4, 0.5) is 0 Å². The highest BCUT2D eigenvalue weighted by atomic mass is 16.3. The number of aromatic nitrogens is 2. The highest BCUT2D eigenvalue weighted by Crippen LogP contribution is 2.06. The Bertz CT molecular complexity index is 226. The first kappa shape index (κ1) is 3.83. The molecule has 0 atom stereocenters. The van der Waals surface area contributed by atoms with Crippen molar-refractivity contribution in [2.45, 2.75) is 6.92 Å². The molecule has 0 saturated heterocycles. The van der Waals surface area contributed by atoms with E-state index in [2.05, 4.69) is 10.2 Å². The van der Waals surface area contributed by atoms with Crippen LogP contribution in [0.1, 0.15) is 6.93 Å². The summed E-state index contributed by atoms with van der Waals surface area (Å²) in [4.78, 5) is 0. The van der Waals surface area contributed by atoms with Crippen molar-refractivity contribution < 1.29 is 6.48 Å². The minimum Gasteiger partial charge on any atom is -0.492 e. The zero-order valence-electron chi connectivity index (χ0n) is 5.42. The summed E-state index contributed by atoms with van der Waals surface area (Å²) in [5, 5.41) is 15.4. The number of aryl methyl sites for hydroxylation is 1. The molecule has 0 radical (unpaired) electrons. The van der Waals surface area contributed by atoms with Gasteiger partial charge in [0.1, 0.15) is 0 Å². The quantitative estimate of drug-likeness (QED) is 0.530. The van der Waals surface area contributed by atoms with Gasteiger partial charge in [0, 0.05) is 5.56 Å². The van der Waals surface area contributed by atoms with Crippen molar-refractivity contribution >= 4 is 0 Å². The molecule has 3 nitrogen and oxygen atoms in total. The van der Waals surface area contributed by atoms with Gasteiger partial charge < -0.3 is 5.11 Å². The summed E-state index contributed by atoms with van der Waals surface area (Å²) in [6.07, 6.45) is 0.0744. The largest absolute Gasteiger partial charge is 0.492 e. The van der Waals surface area contributed by atoms with Crippen LogP contribution in [0, 0.1) is 6.92 Å². The van der Waals surface area contributed by atoms with E-state index in [9.17, 15) is 0 Å². The van der Waals surface area contributed by atoms with Gasteiger partial charge in [0.25, 0.3) is 0 Å². The fourth-order valence-electron chi connectivity index (χ4n) is 0.345. The average molecular weight is 111 g/mol. The molecule has 0 aliphatic heterocycles. The molecule has 0 aliphatic rings. The second kappa shape index (κ2) is 1.78. The van der Waals surface area contributed by atoms with Crippen LogP contribution in [0.15, 0.2) is 12.2 Å². The number of hydrogen-bond acceptors (Lipinski definition) is 3. The Hall–Kier alpha value is -1.12. The first-order valence-corrected chi connectivity index (χ1v) is 2.20. The molecule has 0 aromatic carbocycles. The summed E-state index contributed by atoms with van der Waals surface area (Å²) in [6, 6.07) is 1.45. The molecule has 0 amide bonds. The maximum Gasteiger partial charge on any atom is 0.233 e. The molecule has 1 aromatic rings. The van der Waals surface area contributed by atoms with Gasteiger partial charge in [-0.2, -0.15) is 5.10 Å². The van der Waals surface area contributed by atoms with Crippen LogP contribution in [0.5, 0.6) is 5.88 Å². The van der Waals surface area contributed by atoms with Crippen LogP contribution in [0.25, 0.3) is 0 Å². The van der Waals surface area contributed by atoms with E-state index in [1.165, 1.54) is 6.07 Å². The van der Waals surface area contributed by atoms with Gasteiger partial charge in [-0.05, 0) is 13.0 Å². The Morgan fingerprint density at radius 2 is 2.62 bits per heavy atom. The number of rotatable bonds is 0. The van der Waals surface area contributed by atoms with Crippen LogP contribution in [-0.4, -0.2) is 15.3 Å². The first-order valence-electron chi connectivity index (χ1n) is 2.70. The Balaban J connectivity index is 3.17. The van der Waals surface area contributed by atoms with Gasteiger partial charge in [-0.1, -0.05) is 0 Å². The van der Waals surface area contributed by atoms with E-state index in [4.69, 9.17) is 6.48 Å². The molecular weight excluding hydrogens is 104 g/mol. The van der Waals surface area contributed by atoms with E-state index in [-0.39, 0.29) is 12.1 Å². The molecule has 0 aliphatic carbocycles. The van der Waals surface area contributed by atoms with Crippen LogP contribution in [0.3, 0.4) is 0 Å². The van der Waals surface area contributed by atoms with Gasteiger partial charge in [0.15, 0.2) is 0 Å². The standard InChI is InChI=1S/C5H6N2O/c1-4-2-3-6-7-5(4)8/h2-3H,1H3,(H,7,8)/i3D. The lowest BCUT2D eigenvalue weighted by molar-refractivity contribution is 0.440. The molecule has 0 bridgehead atoms. The van der Waals surface area contributed by atoms with E-state index in [1.54, 1.807) is 6.92 Å². The van der Waals surface area contributed by atoms with Crippen molar-refractivity contribution in [2.24, 2.45) is 0 Å². The minimum absolute atomic E-state index is 0.0744. The predicted octanol–water partition coefficient (Wildman–Crippen LogP) is 0.491. The molecule has 0 saturated carbocycles. The van der Waals surface area contributed by atoms with Crippen molar-refractivity contribution in [3.8, 4) is 5.88 Å². The Morgan fingerprint density at radius 3 is 3.12 bits per heavy atom. The third-order valence-corrected chi connectivity index (χ3v) is 0.836. The molecule has 1 aromatic heterocycles. The summed E-state index contributed by atoms with van der Waals surface area (Å²) in [5.74, 6) is -0.106. The van der Waals surface area contributed by atoms with Crippen LogP contribution >= 0.6 is 0 Å². The van der Waals surface area contributed by atoms with Gasteiger partial charge >= 0.3 is 0 Å². The lowest BCUT2D eigenvalue weighted by atomic mass is 10.3. The Labute approximate surface area is 48.4 Å². The summed E-state index contributed by atoms with van der Waals surface area (Å²) >= 11 is 0. The molecule has 0 spiro atoms. The van der Waals surface area contributed by atoms with Crippen molar-refractivity contribution in [2.75, 3.05) is 0 Å². The van der Waals surface area contributed by atoms with E-state index < -0.39 is 0 Å². The first-order chi connectivity index (χ1) is 4.20. The Kier molecular flexibility index (Phi) is 0.850. The fraction of sp³-hybridized carbons (Fsp3) is 0.200. The maximum absolute atomic E-state index is 8.79. The van der Waals surface area contributed by atoms with Crippen molar-refractivity contribution in [3.63, 3.8) is 0 Å². The third kappa shape index (κ3) is 0.753. The summed E-state index contributed by atoms with van der Waals surface area (Å²) in [6.45, 7) is 1.67. The molecule has 0 unspecified atom stereocenters. The molecule has 1 rings (SSSR count). The van der Waals surface area contributed by atoms with Gasteiger partial charge in [-0.3, -0.25) is 0 Å². The molecule has 0 fully saturated rings. The molecule has 1 heterocycles. The van der Waals surface area contributed by atoms with Crippen molar-refractivity contribution in [3.05, 3.63) is 17.8 Å². The summed E-state index contributed by atoms with van der Waals surface area (Å²) in [5.41, 5.74) is 0.579. The van der Waals surface area contributed by atoms with E-state index >= 15 is 0 Å².